The van der Waals surface area contributed by atoms with Crippen molar-refractivity contribution < 1.29 is 9.90 Å². The summed E-state index contributed by atoms with van der Waals surface area (Å²) in [5, 5.41) is 16.9. The predicted molar refractivity (Wildman–Crippen MR) is 95.7 cm³/mol. The van der Waals surface area contributed by atoms with Crippen LogP contribution >= 0.6 is 0 Å². The van der Waals surface area contributed by atoms with Crippen molar-refractivity contribution >= 4 is 5.91 Å². The van der Waals surface area contributed by atoms with E-state index in [-0.39, 0.29) is 18.4 Å². The summed E-state index contributed by atoms with van der Waals surface area (Å²) in [7, 11) is 0. The molecule has 7 nitrogen and oxygen atoms in total. The number of carbonyl (C=O) groups is 1. The van der Waals surface area contributed by atoms with E-state index in [1.54, 1.807) is 4.68 Å². The summed E-state index contributed by atoms with van der Waals surface area (Å²) < 4.78 is 1.69. The largest absolute Gasteiger partial charge is 0.393 e. The van der Waals surface area contributed by atoms with Crippen molar-refractivity contribution in [2.75, 3.05) is 6.54 Å². The fourth-order valence-corrected chi connectivity index (χ4v) is 2.73. The molecule has 0 spiro atoms. The van der Waals surface area contributed by atoms with Crippen molar-refractivity contribution in [3.05, 3.63) is 34.4 Å². The summed E-state index contributed by atoms with van der Waals surface area (Å²) in [5.41, 5.74) is 4.30. The topological polar surface area (TPSA) is 92.9 Å². The summed E-state index contributed by atoms with van der Waals surface area (Å²) in [6, 6.07) is 1.91. The van der Waals surface area contributed by atoms with Crippen LogP contribution in [0.25, 0.3) is 5.95 Å². The van der Waals surface area contributed by atoms with Gasteiger partial charge in [0.25, 0.3) is 5.95 Å². The highest BCUT2D eigenvalue weighted by molar-refractivity contribution is 5.79. The van der Waals surface area contributed by atoms with Crippen LogP contribution in [0, 0.1) is 27.7 Å². The molecule has 0 aliphatic rings. The summed E-state index contributed by atoms with van der Waals surface area (Å²) >= 11 is 0. The zero-order valence-electron chi connectivity index (χ0n) is 15.6. The summed E-state index contributed by atoms with van der Waals surface area (Å²) in [6.07, 6.45) is 1.14. The molecule has 0 radical (unpaired) electrons. The normalized spacial score (nSPS) is 12.2. The van der Waals surface area contributed by atoms with Gasteiger partial charge in [-0.1, -0.05) is 6.92 Å². The molecule has 0 saturated carbocycles. The summed E-state index contributed by atoms with van der Waals surface area (Å²) in [5.74, 6) is 0.450. The van der Waals surface area contributed by atoms with E-state index in [9.17, 15) is 9.90 Å². The molecule has 25 heavy (non-hydrogen) atoms. The highest BCUT2D eigenvalue weighted by Crippen LogP contribution is 2.17. The fraction of sp³-hybridized carbons (Fsp3) is 0.556. The van der Waals surface area contributed by atoms with Crippen LogP contribution in [0.5, 0.6) is 0 Å². The van der Waals surface area contributed by atoms with Crippen LogP contribution in [-0.4, -0.2) is 43.4 Å². The van der Waals surface area contributed by atoms with Gasteiger partial charge < -0.3 is 10.4 Å². The third kappa shape index (κ3) is 4.85. The number of hydrogen-bond acceptors (Lipinski definition) is 5. The number of nitrogens with zero attached hydrogens (tertiary/aromatic N) is 4. The molecule has 7 heteroatoms. The minimum absolute atomic E-state index is 0.0737. The average Bonchev–Trinajstić information content (AvgIpc) is 2.82. The first kappa shape index (κ1) is 19.1. The first-order chi connectivity index (χ1) is 11.8. The standard InChI is InChI=1S/C18H27N5O2/c1-6-15(24)7-8-19-17(25)10-16-13(4)22-23(14(16)5)18-20-11(2)9-12(3)21-18/h9,15,24H,6-8,10H2,1-5H3,(H,19,25). The minimum Gasteiger partial charge on any atom is -0.393 e. The molecule has 0 fully saturated rings. The number of aliphatic hydroxyl groups excluding tert-OH is 1. The van der Waals surface area contributed by atoms with Gasteiger partial charge in [-0.15, -0.1) is 0 Å². The Morgan fingerprint density at radius 3 is 2.48 bits per heavy atom. The van der Waals surface area contributed by atoms with Gasteiger partial charge in [-0.2, -0.15) is 5.10 Å². The van der Waals surface area contributed by atoms with Crippen molar-refractivity contribution in [2.24, 2.45) is 0 Å². The van der Waals surface area contributed by atoms with E-state index in [1.165, 1.54) is 0 Å². The van der Waals surface area contributed by atoms with Crippen molar-refractivity contribution in [3.8, 4) is 5.95 Å². The molecule has 0 aromatic carbocycles. The van der Waals surface area contributed by atoms with E-state index >= 15 is 0 Å². The zero-order valence-corrected chi connectivity index (χ0v) is 15.6. The second kappa shape index (κ2) is 8.20. The van der Waals surface area contributed by atoms with Crippen molar-refractivity contribution in [1.82, 2.24) is 25.1 Å². The van der Waals surface area contributed by atoms with Crippen LogP contribution in [-0.2, 0) is 11.2 Å². The SMILES string of the molecule is CCC(O)CCNC(=O)Cc1c(C)nn(-c2nc(C)cc(C)n2)c1C. The Morgan fingerprint density at radius 2 is 1.88 bits per heavy atom. The Kier molecular flexibility index (Phi) is 6.25. The molecule has 136 valence electrons. The minimum atomic E-state index is -0.367. The van der Waals surface area contributed by atoms with E-state index in [0.29, 0.717) is 25.3 Å². The van der Waals surface area contributed by atoms with E-state index in [2.05, 4.69) is 20.4 Å². The maximum Gasteiger partial charge on any atom is 0.251 e. The molecule has 2 aromatic heterocycles. The second-order valence-electron chi connectivity index (χ2n) is 6.39. The van der Waals surface area contributed by atoms with Gasteiger partial charge in [0.2, 0.25) is 5.91 Å². The van der Waals surface area contributed by atoms with E-state index in [1.807, 2.05) is 40.7 Å². The molecule has 0 bridgehead atoms. The smallest absolute Gasteiger partial charge is 0.251 e. The first-order valence-corrected chi connectivity index (χ1v) is 8.64. The Morgan fingerprint density at radius 1 is 1.24 bits per heavy atom. The molecule has 1 unspecified atom stereocenters. The van der Waals surface area contributed by atoms with Crippen LogP contribution in [0.2, 0.25) is 0 Å². The molecular formula is C18H27N5O2. The van der Waals surface area contributed by atoms with Crippen LogP contribution in [0.1, 0.15) is 48.1 Å². The van der Waals surface area contributed by atoms with Gasteiger partial charge >= 0.3 is 0 Å². The third-order valence-electron chi connectivity index (χ3n) is 4.21. The molecule has 0 aliphatic heterocycles. The Hall–Kier alpha value is -2.28. The number of aliphatic hydroxyl groups is 1. The van der Waals surface area contributed by atoms with Crippen LogP contribution in [0.3, 0.4) is 0 Å². The first-order valence-electron chi connectivity index (χ1n) is 8.64. The van der Waals surface area contributed by atoms with E-state index < -0.39 is 0 Å². The number of aromatic nitrogens is 4. The molecule has 0 saturated heterocycles. The Bertz CT molecular complexity index is 734. The van der Waals surface area contributed by atoms with Gasteiger partial charge in [0.05, 0.1) is 18.2 Å². The number of hydrogen-bond donors (Lipinski definition) is 2. The van der Waals surface area contributed by atoms with Crippen molar-refractivity contribution in [2.45, 2.75) is 60.0 Å². The maximum atomic E-state index is 12.2. The van der Waals surface area contributed by atoms with Crippen molar-refractivity contribution in [1.29, 1.82) is 0 Å². The number of carbonyl (C=O) groups excluding carboxylic acids is 1. The van der Waals surface area contributed by atoms with E-state index in [0.717, 1.165) is 28.3 Å². The summed E-state index contributed by atoms with van der Waals surface area (Å²) in [6.45, 7) is 10.0. The second-order valence-corrected chi connectivity index (χ2v) is 6.39. The highest BCUT2D eigenvalue weighted by Gasteiger charge is 2.17. The van der Waals surface area contributed by atoms with Gasteiger partial charge in [0.15, 0.2) is 0 Å². The lowest BCUT2D eigenvalue weighted by Crippen LogP contribution is -2.28. The molecule has 2 heterocycles. The number of rotatable bonds is 7. The molecule has 1 amide bonds. The van der Waals surface area contributed by atoms with Crippen LogP contribution in [0.4, 0.5) is 0 Å². The summed E-state index contributed by atoms with van der Waals surface area (Å²) in [4.78, 5) is 21.1. The molecule has 1 atom stereocenters. The van der Waals surface area contributed by atoms with Gasteiger partial charge in [-0.05, 0) is 46.6 Å². The Balaban J connectivity index is 2.12. The maximum absolute atomic E-state index is 12.2. The molecule has 2 rings (SSSR count). The van der Waals surface area contributed by atoms with Gasteiger partial charge in [-0.3, -0.25) is 4.79 Å². The molecule has 0 aliphatic carbocycles. The monoisotopic (exact) mass is 345 g/mol. The molecular weight excluding hydrogens is 318 g/mol. The van der Waals surface area contributed by atoms with Gasteiger partial charge in [0, 0.05) is 29.2 Å². The average molecular weight is 345 g/mol. The van der Waals surface area contributed by atoms with E-state index in [4.69, 9.17) is 0 Å². The van der Waals surface area contributed by atoms with Gasteiger partial charge in [-0.25, -0.2) is 14.6 Å². The molecule has 2 aromatic rings. The number of amides is 1. The molecule has 2 N–H and O–H groups in total. The quantitative estimate of drug-likeness (QED) is 0.797. The van der Waals surface area contributed by atoms with Crippen LogP contribution < -0.4 is 5.32 Å². The highest BCUT2D eigenvalue weighted by atomic mass is 16.3. The Labute approximate surface area is 148 Å². The third-order valence-corrected chi connectivity index (χ3v) is 4.21. The van der Waals surface area contributed by atoms with Crippen LogP contribution in [0.15, 0.2) is 6.07 Å². The number of nitrogens with one attached hydrogen (secondary N) is 1. The predicted octanol–water partition coefficient (Wildman–Crippen LogP) is 1.72. The zero-order chi connectivity index (χ0) is 18.6. The lowest BCUT2D eigenvalue weighted by atomic mass is 10.1. The number of aryl methyl sites for hydroxylation is 3. The lowest BCUT2D eigenvalue weighted by Gasteiger charge is -2.09. The van der Waals surface area contributed by atoms with Crippen molar-refractivity contribution in [3.63, 3.8) is 0 Å². The fourth-order valence-electron chi connectivity index (χ4n) is 2.73. The van der Waals surface area contributed by atoms with Gasteiger partial charge in [0.1, 0.15) is 0 Å². The lowest BCUT2D eigenvalue weighted by molar-refractivity contribution is -0.120.